The number of methoxy groups -OCH3 is 1. The second-order valence-electron chi connectivity index (χ2n) is 4.10. The lowest BCUT2D eigenvalue weighted by Gasteiger charge is -2.11. The van der Waals surface area contributed by atoms with Crippen LogP contribution in [0.1, 0.15) is 5.56 Å². The van der Waals surface area contributed by atoms with E-state index >= 15 is 0 Å². The number of halogens is 1. The number of aromatic nitrogens is 1. The van der Waals surface area contributed by atoms with Gasteiger partial charge in [0.2, 0.25) is 5.90 Å². The van der Waals surface area contributed by atoms with Crippen molar-refractivity contribution in [2.24, 2.45) is 0 Å². The zero-order valence-corrected chi connectivity index (χ0v) is 13.8. The molecular formula is C13H14BrN3O3S. The van der Waals surface area contributed by atoms with Crippen molar-refractivity contribution < 1.29 is 13.2 Å². The van der Waals surface area contributed by atoms with Gasteiger partial charge < -0.3 is 10.1 Å². The van der Waals surface area contributed by atoms with Gasteiger partial charge in [-0.05, 0) is 28.1 Å². The van der Waals surface area contributed by atoms with Crippen LogP contribution in [0.5, 0.6) is 0 Å². The van der Waals surface area contributed by atoms with E-state index in [1.54, 1.807) is 25.2 Å². The SMILES string of the molecule is CNc1c(C(=N)OC)c(Br)cn1S(=O)(=O)c1ccccc1. The van der Waals surface area contributed by atoms with Crippen LogP contribution in [0, 0.1) is 5.41 Å². The molecule has 1 aromatic carbocycles. The molecule has 0 amide bonds. The highest BCUT2D eigenvalue weighted by Gasteiger charge is 2.26. The van der Waals surface area contributed by atoms with Gasteiger partial charge in [-0.25, -0.2) is 12.4 Å². The minimum Gasteiger partial charge on any atom is -0.481 e. The Hall–Kier alpha value is -1.80. The molecule has 6 nitrogen and oxygen atoms in total. The first kappa shape index (κ1) is 15.6. The number of hydrogen-bond donors (Lipinski definition) is 2. The molecule has 2 N–H and O–H groups in total. The first-order valence-corrected chi connectivity index (χ1v) is 8.19. The summed E-state index contributed by atoms with van der Waals surface area (Å²) in [5.41, 5.74) is 0.347. The third-order valence-corrected chi connectivity index (χ3v) is 5.17. The van der Waals surface area contributed by atoms with Gasteiger partial charge in [-0.2, -0.15) is 0 Å². The second-order valence-corrected chi connectivity index (χ2v) is 6.77. The molecule has 21 heavy (non-hydrogen) atoms. The molecule has 1 aromatic heterocycles. The van der Waals surface area contributed by atoms with Crippen molar-refractivity contribution in [3.05, 3.63) is 46.6 Å². The molecule has 0 unspecified atom stereocenters. The van der Waals surface area contributed by atoms with Gasteiger partial charge in [-0.1, -0.05) is 18.2 Å². The molecule has 8 heteroatoms. The number of nitrogens with zero attached hydrogens (tertiary/aromatic N) is 1. The smallest absolute Gasteiger partial charge is 0.269 e. The van der Waals surface area contributed by atoms with Crippen LogP contribution < -0.4 is 5.32 Å². The molecule has 0 radical (unpaired) electrons. The normalized spacial score (nSPS) is 11.2. The second kappa shape index (κ2) is 5.90. The topological polar surface area (TPSA) is 84.2 Å². The summed E-state index contributed by atoms with van der Waals surface area (Å²) in [7, 11) is -0.806. The summed E-state index contributed by atoms with van der Waals surface area (Å²) in [5.74, 6) is 0.130. The maximum Gasteiger partial charge on any atom is 0.269 e. The van der Waals surface area contributed by atoms with E-state index in [2.05, 4.69) is 21.2 Å². The molecule has 112 valence electrons. The monoisotopic (exact) mass is 371 g/mol. The van der Waals surface area contributed by atoms with E-state index in [1.165, 1.54) is 25.4 Å². The molecule has 0 bridgehead atoms. The molecule has 0 fully saturated rings. The maximum atomic E-state index is 12.7. The Bertz CT molecular complexity index is 769. The number of nitrogens with one attached hydrogen (secondary N) is 2. The Labute approximate surface area is 131 Å². The lowest BCUT2D eigenvalue weighted by atomic mass is 10.3. The van der Waals surface area contributed by atoms with Crippen LogP contribution in [-0.2, 0) is 14.8 Å². The summed E-state index contributed by atoms with van der Waals surface area (Å²) in [4.78, 5) is 0.166. The molecule has 0 saturated heterocycles. The standard InChI is InChI=1S/C13H14BrN3O3S/c1-16-13-11(12(15)20-2)10(14)8-17(13)21(18,19)9-6-4-3-5-7-9/h3-8,15-16H,1-2H3. The lowest BCUT2D eigenvalue weighted by Crippen LogP contribution is -2.16. The fourth-order valence-electron chi connectivity index (χ4n) is 1.90. The molecule has 0 aliphatic heterocycles. The van der Waals surface area contributed by atoms with Gasteiger partial charge in [-0.15, -0.1) is 0 Å². The molecule has 2 rings (SSSR count). The van der Waals surface area contributed by atoms with Gasteiger partial charge in [-0.3, -0.25) is 5.41 Å². The highest BCUT2D eigenvalue weighted by molar-refractivity contribution is 9.10. The minimum absolute atomic E-state index is 0.131. The molecule has 0 aliphatic carbocycles. The van der Waals surface area contributed by atoms with E-state index in [9.17, 15) is 8.42 Å². The molecule has 0 saturated carbocycles. The third kappa shape index (κ3) is 2.68. The maximum absolute atomic E-state index is 12.7. The average molecular weight is 372 g/mol. The van der Waals surface area contributed by atoms with Gasteiger partial charge in [0.25, 0.3) is 10.0 Å². The van der Waals surface area contributed by atoms with E-state index in [-0.39, 0.29) is 16.6 Å². The van der Waals surface area contributed by atoms with Crippen molar-refractivity contribution in [2.45, 2.75) is 4.90 Å². The summed E-state index contributed by atoms with van der Waals surface area (Å²) in [5, 5.41) is 10.6. The quantitative estimate of drug-likeness (QED) is 0.638. The van der Waals surface area contributed by atoms with Gasteiger partial charge in [0, 0.05) is 13.2 Å². The highest BCUT2D eigenvalue weighted by Crippen LogP contribution is 2.31. The van der Waals surface area contributed by atoms with Gasteiger partial charge in [0.05, 0.1) is 22.0 Å². The van der Waals surface area contributed by atoms with Crippen LogP contribution in [0.3, 0.4) is 0 Å². The molecule has 0 aliphatic rings. The average Bonchev–Trinajstić information content (AvgIpc) is 2.84. The summed E-state index contributed by atoms with van der Waals surface area (Å²) < 4.78 is 31.8. The van der Waals surface area contributed by atoms with Crippen LogP contribution in [0.25, 0.3) is 0 Å². The molecule has 0 atom stereocenters. The lowest BCUT2D eigenvalue weighted by molar-refractivity contribution is 0.401. The molecule has 2 aromatic rings. The van der Waals surface area contributed by atoms with Gasteiger partial charge in [0.15, 0.2) is 0 Å². The number of anilines is 1. The van der Waals surface area contributed by atoms with Gasteiger partial charge in [0.1, 0.15) is 5.82 Å². The Balaban J connectivity index is 2.68. The first-order valence-electron chi connectivity index (χ1n) is 5.95. The van der Waals surface area contributed by atoms with Crippen LogP contribution in [-0.4, -0.2) is 32.4 Å². The van der Waals surface area contributed by atoms with Crippen molar-refractivity contribution in [2.75, 3.05) is 19.5 Å². The highest BCUT2D eigenvalue weighted by atomic mass is 79.9. The minimum atomic E-state index is -3.75. The van der Waals surface area contributed by atoms with Gasteiger partial charge >= 0.3 is 0 Å². The number of ether oxygens (including phenoxy) is 1. The molecule has 0 spiro atoms. The van der Waals surface area contributed by atoms with Crippen molar-refractivity contribution in [3.8, 4) is 0 Å². The fraction of sp³-hybridized carbons (Fsp3) is 0.154. The van der Waals surface area contributed by atoms with Crippen molar-refractivity contribution in [1.82, 2.24) is 3.97 Å². The Morgan fingerprint density at radius 1 is 1.33 bits per heavy atom. The van der Waals surface area contributed by atoms with Crippen LogP contribution in [0.15, 0.2) is 45.9 Å². The van der Waals surface area contributed by atoms with Crippen LogP contribution in [0.4, 0.5) is 5.82 Å². The summed E-state index contributed by atoms with van der Waals surface area (Å²) in [6.07, 6.45) is 1.40. The van der Waals surface area contributed by atoms with E-state index in [1.807, 2.05) is 0 Å². The third-order valence-electron chi connectivity index (χ3n) is 2.89. The summed E-state index contributed by atoms with van der Waals surface area (Å²) in [6, 6.07) is 8.09. The molecule has 1 heterocycles. The largest absolute Gasteiger partial charge is 0.481 e. The predicted octanol–water partition coefficient (Wildman–Crippen LogP) is 2.50. The van der Waals surface area contributed by atoms with E-state index in [4.69, 9.17) is 10.1 Å². The first-order chi connectivity index (χ1) is 9.93. The van der Waals surface area contributed by atoms with Crippen LogP contribution >= 0.6 is 15.9 Å². The van der Waals surface area contributed by atoms with Crippen LogP contribution in [0.2, 0.25) is 0 Å². The zero-order chi connectivity index (χ0) is 15.6. The summed E-state index contributed by atoms with van der Waals surface area (Å²) >= 11 is 3.27. The number of hydrogen-bond acceptors (Lipinski definition) is 5. The molecular weight excluding hydrogens is 358 g/mol. The van der Waals surface area contributed by atoms with Crippen molar-refractivity contribution in [1.29, 1.82) is 5.41 Å². The predicted molar refractivity (Wildman–Crippen MR) is 84.5 cm³/mol. The summed E-state index contributed by atoms with van der Waals surface area (Å²) in [6.45, 7) is 0. The van der Waals surface area contributed by atoms with Crippen molar-refractivity contribution in [3.63, 3.8) is 0 Å². The Morgan fingerprint density at radius 2 is 1.95 bits per heavy atom. The Morgan fingerprint density at radius 3 is 2.48 bits per heavy atom. The number of rotatable bonds is 4. The fourth-order valence-corrected chi connectivity index (χ4v) is 4.01. The zero-order valence-electron chi connectivity index (χ0n) is 11.4. The number of benzene rings is 1. The Kier molecular flexibility index (Phi) is 4.38. The van der Waals surface area contributed by atoms with Crippen molar-refractivity contribution >= 4 is 37.7 Å². The van der Waals surface area contributed by atoms with E-state index in [0.717, 1.165) is 3.97 Å². The van der Waals surface area contributed by atoms with E-state index in [0.29, 0.717) is 10.0 Å². The van der Waals surface area contributed by atoms with E-state index < -0.39 is 10.0 Å².